The Morgan fingerprint density at radius 1 is 1.19 bits per heavy atom. The number of hydrogen-bond donors (Lipinski definition) is 2. The van der Waals surface area contributed by atoms with Crippen molar-refractivity contribution in [1.82, 2.24) is 15.5 Å². The number of halogens is 1. The highest BCUT2D eigenvalue weighted by atomic mass is 127. The van der Waals surface area contributed by atoms with Gasteiger partial charge in [0.25, 0.3) is 5.91 Å². The van der Waals surface area contributed by atoms with Gasteiger partial charge in [-0.05, 0) is 44.0 Å². The van der Waals surface area contributed by atoms with Gasteiger partial charge in [0, 0.05) is 45.4 Å². The summed E-state index contributed by atoms with van der Waals surface area (Å²) in [5.74, 6) is 2.59. The molecular formula is C20H29IN4O2. The van der Waals surface area contributed by atoms with Crippen molar-refractivity contribution in [3.63, 3.8) is 0 Å². The van der Waals surface area contributed by atoms with Crippen molar-refractivity contribution in [2.75, 3.05) is 27.7 Å². The van der Waals surface area contributed by atoms with E-state index in [9.17, 15) is 4.79 Å². The van der Waals surface area contributed by atoms with Crippen molar-refractivity contribution in [3.05, 3.63) is 58.5 Å². The van der Waals surface area contributed by atoms with Gasteiger partial charge in [-0.2, -0.15) is 0 Å². The molecular weight excluding hydrogens is 455 g/mol. The van der Waals surface area contributed by atoms with Gasteiger partial charge >= 0.3 is 0 Å². The zero-order chi connectivity index (χ0) is 19.1. The lowest BCUT2D eigenvalue weighted by molar-refractivity contribution is 0.0827. The molecule has 0 spiro atoms. The van der Waals surface area contributed by atoms with E-state index in [1.165, 1.54) is 0 Å². The number of guanidine groups is 1. The van der Waals surface area contributed by atoms with Crippen LogP contribution in [0.4, 0.5) is 0 Å². The van der Waals surface area contributed by atoms with Crippen LogP contribution >= 0.6 is 24.0 Å². The van der Waals surface area contributed by atoms with Crippen LogP contribution in [-0.4, -0.2) is 44.5 Å². The first-order chi connectivity index (χ1) is 12.4. The fraction of sp³-hybridized carbons (Fsp3) is 0.400. The van der Waals surface area contributed by atoms with Crippen molar-refractivity contribution in [1.29, 1.82) is 0 Å². The number of amides is 1. The van der Waals surface area contributed by atoms with Crippen LogP contribution in [-0.2, 0) is 13.0 Å². The van der Waals surface area contributed by atoms with Crippen molar-refractivity contribution in [2.45, 2.75) is 26.8 Å². The summed E-state index contributed by atoms with van der Waals surface area (Å²) in [6.07, 6.45) is 0.805. The van der Waals surface area contributed by atoms with E-state index in [1.807, 2.05) is 44.2 Å². The molecule has 2 rings (SSSR count). The number of furan rings is 1. The number of rotatable bonds is 6. The topological polar surface area (TPSA) is 69.9 Å². The number of nitrogens with zero attached hydrogens (tertiary/aromatic N) is 2. The molecule has 0 aliphatic carbocycles. The molecule has 0 bridgehead atoms. The van der Waals surface area contributed by atoms with E-state index in [4.69, 9.17) is 4.42 Å². The molecule has 1 aromatic carbocycles. The van der Waals surface area contributed by atoms with Gasteiger partial charge in [0.05, 0.1) is 0 Å². The molecule has 0 aliphatic heterocycles. The van der Waals surface area contributed by atoms with Crippen molar-refractivity contribution < 1.29 is 9.21 Å². The standard InChI is InChI=1S/C20H28N4O2.HI/c1-14-11-18(15(2)26-14)13-23-20(21-3)22-10-9-16-7-6-8-17(12-16)19(25)24(4)5;/h6-8,11-12H,9-10,13H2,1-5H3,(H2,21,22,23);1H. The van der Waals surface area contributed by atoms with Crippen LogP contribution in [0.5, 0.6) is 0 Å². The minimum Gasteiger partial charge on any atom is -0.466 e. The highest BCUT2D eigenvalue weighted by Gasteiger charge is 2.08. The third kappa shape index (κ3) is 6.89. The van der Waals surface area contributed by atoms with Gasteiger partial charge in [-0.25, -0.2) is 0 Å². The highest BCUT2D eigenvalue weighted by Crippen LogP contribution is 2.13. The summed E-state index contributed by atoms with van der Waals surface area (Å²) in [6.45, 7) is 5.29. The fourth-order valence-corrected chi connectivity index (χ4v) is 2.70. The van der Waals surface area contributed by atoms with Crippen molar-refractivity contribution in [2.24, 2.45) is 4.99 Å². The van der Waals surface area contributed by atoms with Gasteiger partial charge < -0.3 is 20.0 Å². The van der Waals surface area contributed by atoms with Crippen LogP contribution in [0.15, 0.2) is 39.7 Å². The first-order valence-corrected chi connectivity index (χ1v) is 8.71. The molecule has 7 heteroatoms. The Balaban J connectivity index is 0.00000364. The molecule has 1 aromatic heterocycles. The zero-order valence-electron chi connectivity index (χ0n) is 16.6. The Morgan fingerprint density at radius 3 is 2.52 bits per heavy atom. The third-order valence-corrected chi connectivity index (χ3v) is 4.10. The monoisotopic (exact) mass is 484 g/mol. The summed E-state index contributed by atoms with van der Waals surface area (Å²) in [4.78, 5) is 17.9. The van der Waals surface area contributed by atoms with Gasteiger partial charge in [-0.15, -0.1) is 24.0 Å². The average molecular weight is 484 g/mol. The lowest BCUT2D eigenvalue weighted by Crippen LogP contribution is -2.37. The van der Waals surface area contributed by atoms with Crippen molar-refractivity contribution in [3.8, 4) is 0 Å². The molecule has 0 radical (unpaired) electrons. The van der Waals surface area contributed by atoms with Crippen LogP contribution in [0.25, 0.3) is 0 Å². The number of aliphatic imine (C=N–C) groups is 1. The quantitative estimate of drug-likeness (QED) is 0.376. The number of carbonyl (C=O) groups is 1. The second-order valence-electron chi connectivity index (χ2n) is 6.44. The SMILES string of the molecule is CN=C(NCCc1cccc(C(=O)N(C)C)c1)NCc1cc(C)oc1C.I. The molecule has 148 valence electrons. The van der Waals surface area contributed by atoms with E-state index in [-0.39, 0.29) is 29.9 Å². The lowest BCUT2D eigenvalue weighted by atomic mass is 10.1. The summed E-state index contributed by atoms with van der Waals surface area (Å²) < 4.78 is 5.54. The highest BCUT2D eigenvalue weighted by molar-refractivity contribution is 14.0. The summed E-state index contributed by atoms with van der Waals surface area (Å²) in [7, 11) is 5.27. The van der Waals surface area contributed by atoms with Crippen LogP contribution in [0.1, 0.15) is 33.0 Å². The summed E-state index contributed by atoms with van der Waals surface area (Å²) >= 11 is 0. The smallest absolute Gasteiger partial charge is 0.253 e. The van der Waals surface area contributed by atoms with Crippen LogP contribution in [0, 0.1) is 13.8 Å². The maximum atomic E-state index is 12.0. The van der Waals surface area contributed by atoms with E-state index in [0.29, 0.717) is 12.1 Å². The van der Waals surface area contributed by atoms with Crippen LogP contribution in [0.3, 0.4) is 0 Å². The summed E-state index contributed by atoms with van der Waals surface area (Å²) in [5.41, 5.74) is 2.95. The average Bonchev–Trinajstić information content (AvgIpc) is 2.94. The number of carbonyl (C=O) groups excluding carboxylic acids is 1. The van der Waals surface area contributed by atoms with Gasteiger partial charge in [0.2, 0.25) is 0 Å². The Kier molecular flexibility index (Phi) is 9.34. The summed E-state index contributed by atoms with van der Waals surface area (Å²) in [5, 5.41) is 6.59. The van der Waals surface area contributed by atoms with Gasteiger partial charge in [-0.3, -0.25) is 9.79 Å². The second-order valence-corrected chi connectivity index (χ2v) is 6.44. The molecule has 0 saturated heterocycles. The predicted octanol–water partition coefficient (Wildman–Crippen LogP) is 3.12. The number of hydrogen-bond acceptors (Lipinski definition) is 3. The van der Waals surface area contributed by atoms with Crippen molar-refractivity contribution >= 4 is 35.8 Å². The van der Waals surface area contributed by atoms with E-state index in [0.717, 1.165) is 41.6 Å². The lowest BCUT2D eigenvalue weighted by Gasteiger charge is -2.13. The predicted molar refractivity (Wildman–Crippen MR) is 120 cm³/mol. The van der Waals surface area contributed by atoms with Gasteiger partial charge in [0.1, 0.15) is 11.5 Å². The number of benzene rings is 1. The minimum atomic E-state index is 0. The van der Waals surface area contributed by atoms with E-state index >= 15 is 0 Å². The zero-order valence-corrected chi connectivity index (χ0v) is 19.0. The van der Waals surface area contributed by atoms with Crippen LogP contribution in [0.2, 0.25) is 0 Å². The van der Waals surface area contributed by atoms with E-state index in [1.54, 1.807) is 26.0 Å². The minimum absolute atomic E-state index is 0. The van der Waals surface area contributed by atoms with Crippen LogP contribution < -0.4 is 10.6 Å². The molecule has 1 heterocycles. The number of aryl methyl sites for hydroxylation is 2. The van der Waals surface area contributed by atoms with Gasteiger partial charge in [-0.1, -0.05) is 12.1 Å². The molecule has 0 saturated carbocycles. The maximum Gasteiger partial charge on any atom is 0.253 e. The van der Waals surface area contributed by atoms with E-state index < -0.39 is 0 Å². The molecule has 0 fully saturated rings. The van der Waals surface area contributed by atoms with E-state index in [2.05, 4.69) is 15.6 Å². The molecule has 0 atom stereocenters. The Bertz CT molecular complexity index is 784. The molecule has 6 nitrogen and oxygen atoms in total. The Morgan fingerprint density at radius 2 is 1.93 bits per heavy atom. The summed E-state index contributed by atoms with van der Waals surface area (Å²) in [6, 6.07) is 9.76. The Hall–Kier alpha value is -2.03. The Labute approximate surface area is 178 Å². The molecule has 2 N–H and O–H groups in total. The number of nitrogens with one attached hydrogen (secondary N) is 2. The fourth-order valence-electron chi connectivity index (χ4n) is 2.70. The first-order valence-electron chi connectivity index (χ1n) is 8.71. The molecule has 1 amide bonds. The molecule has 2 aromatic rings. The third-order valence-electron chi connectivity index (χ3n) is 4.10. The normalized spacial score (nSPS) is 10.9. The molecule has 0 unspecified atom stereocenters. The van der Waals surface area contributed by atoms with Gasteiger partial charge in [0.15, 0.2) is 5.96 Å². The maximum absolute atomic E-state index is 12.0. The molecule has 0 aliphatic rings. The second kappa shape index (κ2) is 11.0. The largest absolute Gasteiger partial charge is 0.466 e. The molecule has 27 heavy (non-hydrogen) atoms. The first kappa shape index (κ1) is 23.0.